The Bertz CT molecular complexity index is 1190. The summed E-state index contributed by atoms with van der Waals surface area (Å²) in [6.07, 6.45) is 1.21. The number of alkyl halides is 3. The Morgan fingerprint density at radius 1 is 1.18 bits per heavy atom. The molecule has 1 aromatic rings. The number of carbonyl (C=O) groups is 1. The Hall–Kier alpha value is -2.39. The van der Waals surface area contributed by atoms with Gasteiger partial charge in [-0.25, -0.2) is 0 Å². The number of nitriles is 1. The van der Waals surface area contributed by atoms with Crippen LogP contribution in [-0.4, -0.2) is 62.5 Å². The van der Waals surface area contributed by atoms with Crippen molar-refractivity contribution in [3.8, 4) is 6.07 Å². The van der Waals surface area contributed by atoms with E-state index in [-0.39, 0.29) is 23.9 Å². The van der Waals surface area contributed by atoms with Crippen molar-refractivity contribution in [3.63, 3.8) is 0 Å². The summed E-state index contributed by atoms with van der Waals surface area (Å²) in [5.41, 5.74) is 1.31. The molecule has 44 heavy (non-hydrogen) atoms. The molecule has 1 aliphatic heterocycles. The molecule has 5 rings (SSSR count). The molecule has 4 aliphatic rings. The van der Waals surface area contributed by atoms with Crippen LogP contribution in [-0.2, 0) is 20.5 Å². The number of rotatable bonds is 15. The maximum atomic E-state index is 13.6. The number of allylic oxidation sites excluding steroid dienone is 1. The zero-order chi connectivity index (χ0) is 32.1. The fourth-order valence-corrected chi connectivity index (χ4v) is 7.36. The molecule has 1 heterocycles. The van der Waals surface area contributed by atoms with Gasteiger partial charge in [0.25, 0.3) is 0 Å². The molecule has 3 aliphatic carbocycles. The van der Waals surface area contributed by atoms with Gasteiger partial charge in [0.15, 0.2) is 0 Å². The van der Waals surface area contributed by atoms with E-state index in [0.29, 0.717) is 49.8 Å². The fraction of sp³-hybridized carbons (Fsp3) is 0.697. The van der Waals surface area contributed by atoms with E-state index >= 15 is 0 Å². The maximum Gasteiger partial charge on any atom is 0.482 e. The van der Waals surface area contributed by atoms with Gasteiger partial charge in [-0.05, 0) is 74.3 Å². The van der Waals surface area contributed by atoms with Gasteiger partial charge in [-0.15, -0.1) is 0 Å². The van der Waals surface area contributed by atoms with Crippen molar-refractivity contribution in [1.29, 1.82) is 5.26 Å². The molecular formula is C33H48BF3N4O3. The lowest BCUT2D eigenvalue weighted by Gasteiger charge is -2.64. The van der Waals surface area contributed by atoms with Gasteiger partial charge in [-0.3, -0.25) is 10.1 Å². The van der Waals surface area contributed by atoms with Crippen LogP contribution in [0.2, 0.25) is 0 Å². The minimum atomic E-state index is -4.45. The highest BCUT2D eigenvalue weighted by molar-refractivity contribution is 6.48. The van der Waals surface area contributed by atoms with Gasteiger partial charge in [0.1, 0.15) is 0 Å². The number of nitrogens with zero attached hydrogens (tertiary/aromatic N) is 1. The topological polar surface area (TPSA) is 95.4 Å². The van der Waals surface area contributed by atoms with E-state index < -0.39 is 43.3 Å². The van der Waals surface area contributed by atoms with E-state index in [0.717, 1.165) is 18.4 Å². The number of hydrogen-bond donors (Lipinski definition) is 3. The molecule has 4 fully saturated rings. The second-order valence-electron chi connectivity index (χ2n) is 13.9. The molecule has 0 radical (unpaired) electrons. The van der Waals surface area contributed by atoms with Crippen molar-refractivity contribution < 1.29 is 27.3 Å². The molecule has 0 spiro atoms. The van der Waals surface area contributed by atoms with Crippen molar-refractivity contribution in [2.75, 3.05) is 19.6 Å². The van der Waals surface area contributed by atoms with Gasteiger partial charge in [0.05, 0.1) is 36.3 Å². The molecule has 0 unspecified atom stereocenters. The lowest BCUT2D eigenvalue weighted by Crippen LogP contribution is -2.65. The molecule has 7 nitrogen and oxygen atoms in total. The van der Waals surface area contributed by atoms with Gasteiger partial charge >= 0.3 is 13.3 Å². The number of carbonyl (C=O) groups excluding carboxylic acids is 1. The Labute approximate surface area is 260 Å². The summed E-state index contributed by atoms with van der Waals surface area (Å²) in [5, 5.41) is 18.0. The van der Waals surface area contributed by atoms with Gasteiger partial charge in [-0.2, -0.15) is 18.4 Å². The van der Waals surface area contributed by atoms with E-state index in [1.54, 1.807) is 0 Å². The summed E-state index contributed by atoms with van der Waals surface area (Å²) < 4.78 is 52.8. The lowest BCUT2D eigenvalue weighted by atomic mass is 9.43. The van der Waals surface area contributed by atoms with Crippen molar-refractivity contribution in [2.24, 2.45) is 23.2 Å². The average molecular weight is 617 g/mol. The molecular weight excluding hydrogens is 568 g/mol. The molecule has 1 amide bonds. The second kappa shape index (κ2) is 14.4. The van der Waals surface area contributed by atoms with Crippen molar-refractivity contribution in [2.45, 2.75) is 103 Å². The van der Waals surface area contributed by atoms with E-state index in [9.17, 15) is 23.2 Å². The van der Waals surface area contributed by atoms with Crippen LogP contribution in [0, 0.1) is 34.5 Å². The van der Waals surface area contributed by atoms with Crippen molar-refractivity contribution >= 4 is 13.0 Å². The van der Waals surface area contributed by atoms with Crippen LogP contribution in [0.25, 0.3) is 0 Å². The summed E-state index contributed by atoms with van der Waals surface area (Å²) in [6.45, 7) is 10.4. The number of hydrogen-bond acceptors (Lipinski definition) is 6. The Kier molecular flexibility index (Phi) is 11.3. The molecule has 1 saturated heterocycles. The normalized spacial score (nSPS) is 27.3. The number of benzene rings is 1. The first kappa shape index (κ1) is 34.5. The molecule has 1 aromatic carbocycles. The van der Waals surface area contributed by atoms with E-state index in [2.05, 4.69) is 42.8 Å². The van der Waals surface area contributed by atoms with Crippen LogP contribution in [0.1, 0.15) is 72.3 Å². The molecule has 11 heteroatoms. The third-order valence-electron chi connectivity index (χ3n) is 9.88. The highest BCUT2D eigenvalue weighted by atomic mass is 19.4. The second-order valence-corrected chi connectivity index (χ2v) is 13.9. The maximum absolute atomic E-state index is 13.6. The fourth-order valence-electron chi connectivity index (χ4n) is 7.36. The predicted octanol–water partition coefficient (Wildman–Crippen LogP) is 5.37. The van der Waals surface area contributed by atoms with Gasteiger partial charge in [0.2, 0.25) is 5.91 Å². The van der Waals surface area contributed by atoms with Gasteiger partial charge in [-0.1, -0.05) is 70.5 Å². The quantitative estimate of drug-likeness (QED) is 0.139. The zero-order valence-electron chi connectivity index (χ0n) is 26.7. The van der Waals surface area contributed by atoms with Crippen molar-refractivity contribution in [1.82, 2.24) is 16.0 Å². The van der Waals surface area contributed by atoms with Gasteiger partial charge in [0, 0.05) is 12.1 Å². The largest absolute Gasteiger partial charge is 0.482 e. The molecule has 3 saturated carbocycles. The smallest absolute Gasteiger partial charge is 0.404 e. The highest BCUT2D eigenvalue weighted by Crippen LogP contribution is 2.65. The van der Waals surface area contributed by atoms with E-state index in [4.69, 9.17) is 9.31 Å². The van der Waals surface area contributed by atoms with E-state index in [1.807, 2.05) is 50.3 Å². The average Bonchev–Trinajstić information content (AvgIpc) is 3.32. The summed E-state index contributed by atoms with van der Waals surface area (Å²) >= 11 is 0. The minimum absolute atomic E-state index is 0.0805. The van der Waals surface area contributed by atoms with Crippen LogP contribution >= 0.6 is 0 Å². The van der Waals surface area contributed by atoms with E-state index in [1.165, 1.54) is 0 Å². The number of halogens is 3. The molecule has 2 bridgehead atoms. The first-order chi connectivity index (χ1) is 20.7. The minimum Gasteiger partial charge on any atom is -0.404 e. The number of amides is 1. The Morgan fingerprint density at radius 2 is 1.91 bits per heavy atom. The third-order valence-corrected chi connectivity index (χ3v) is 9.88. The van der Waals surface area contributed by atoms with Crippen LogP contribution in [0.3, 0.4) is 0 Å². The first-order valence-corrected chi connectivity index (χ1v) is 16.0. The Morgan fingerprint density at radius 3 is 2.55 bits per heavy atom. The number of unbranched alkanes of at least 4 members (excludes halogenated alkanes) is 1. The SMILES string of the molecule is CC(C)C=C(C#N)CNCCCC[C@H](NCC(F)(F)F)C(=O)N[C@@H](Cc1ccccc1)B1O[C@@H]2C[C@@H]3C[C@@H](C3(C)C)[C@]2(C)O1. The van der Waals surface area contributed by atoms with Crippen LogP contribution in [0.15, 0.2) is 42.0 Å². The summed E-state index contributed by atoms with van der Waals surface area (Å²) in [7, 11) is -0.704. The van der Waals surface area contributed by atoms with Gasteiger partial charge < -0.3 is 19.9 Å². The van der Waals surface area contributed by atoms with Crippen LogP contribution < -0.4 is 16.0 Å². The molecule has 6 atom stereocenters. The Balaban J connectivity index is 1.41. The molecule has 0 aromatic heterocycles. The highest BCUT2D eigenvalue weighted by Gasteiger charge is 2.68. The monoisotopic (exact) mass is 616 g/mol. The summed E-state index contributed by atoms with van der Waals surface area (Å²) in [6, 6.07) is 10.8. The van der Waals surface area contributed by atoms with Crippen molar-refractivity contribution in [3.05, 3.63) is 47.5 Å². The third kappa shape index (κ3) is 8.45. The summed E-state index contributed by atoms with van der Waals surface area (Å²) in [4.78, 5) is 13.6. The number of nitrogens with one attached hydrogen (secondary N) is 3. The summed E-state index contributed by atoms with van der Waals surface area (Å²) in [5.74, 6) is 0.115. The van der Waals surface area contributed by atoms with Crippen LogP contribution in [0.5, 0.6) is 0 Å². The molecule has 242 valence electrons. The predicted molar refractivity (Wildman–Crippen MR) is 165 cm³/mol. The first-order valence-electron chi connectivity index (χ1n) is 16.0. The van der Waals surface area contributed by atoms with Crippen LogP contribution in [0.4, 0.5) is 13.2 Å². The lowest BCUT2D eigenvalue weighted by molar-refractivity contribution is -0.199. The molecule has 3 N–H and O–H groups in total. The zero-order valence-corrected chi connectivity index (χ0v) is 26.7. The standard InChI is InChI=1S/C33H48BF3N4O3/c1-22(2)15-24(19-38)20-39-14-10-9-13-26(40-21-33(35,36)37)30(42)41-29(16-23-11-7-6-8-12-23)34-43-28-18-25-17-27(31(25,3)4)32(28,5)44-34/h6-8,11-12,15,22,25-29,39-40H,9-10,13-14,16-18,20-21H2,1-5H3,(H,41,42)/t25-,26-,27-,28+,29-,32-/m0/s1.